The molecule has 156 valence electrons. The predicted octanol–water partition coefficient (Wildman–Crippen LogP) is 2.91. The Balaban J connectivity index is 1.18. The summed E-state index contributed by atoms with van der Waals surface area (Å²) in [7, 11) is 0. The van der Waals surface area contributed by atoms with Gasteiger partial charge < -0.3 is 21.1 Å². The summed E-state index contributed by atoms with van der Waals surface area (Å²) in [6.45, 7) is 0.279. The number of hydrogen-bond donors (Lipinski definition) is 4. The van der Waals surface area contributed by atoms with E-state index in [0.29, 0.717) is 11.3 Å². The van der Waals surface area contributed by atoms with Crippen molar-refractivity contribution >= 4 is 23.6 Å². The van der Waals surface area contributed by atoms with Crippen LogP contribution < -0.4 is 16.0 Å². The Morgan fingerprint density at radius 2 is 1.55 bits per heavy atom. The van der Waals surface area contributed by atoms with E-state index >= 15 is 0 Å². The van der Waals surface area contributed by atoms with Crippen molar-refractivity contribution in [2.45, 2.75) is 56.9 Å². The van der Waals surface area contributed by atoms with E-state index < -0.39 is 5.97 Å². The van der Waals surface area contributed by atoms with E-state index in [1.54, 1.807) is 24.3 Å². The fourth-order valence-electron chi connectivity index (χ4n) is 5.94. The monoisotopic (exact) mass is 399 g/mol. The van der Waals surface area contributed by atoms with Gasteiger partial charge in [0.25, 0.3) is 0 Å². The summed E-state index contributed by atoms with van der Waals surface area (Å²) in [5, 5.41) is 17.6. The quantitative estimate of drug-likeness (QED) is 0.565. The molecule has 0 aromatic heterocycles. The van der Waals surface area contributed by atoms with Gasteiger partial charge in [0.15, 0.2) is 0 Å². The Labute approximate surface area is 170 Å². The Kier molecular flexibility index (Phi) is 5.48. The lowest BCUT2D eigenvalue weighted by atomic mass is 9.53. The summed E-state index contributed by atoms with van der Waals surface area (Å²) >= 11 is 0. The fraction of sp³-hybridized carbons (Fsp3) is 0.591. The molecular weight excluding hydrogens is 370 g/mol. The van der Waals surface area contributed by atoms with Crippen molar-refractivity contribution in [1.29, 1.82) is 0 Å². The molecule has 0 aliphatic heterocycles. The topological polar surface area (TPSA) is 108 Å². The minimum Gasteiger partial charge on any atom is -0.481 e. The van der Waals surface area contributed by atoms with E-state index in [9.17, 15) is 14.4 Å². The number of amides is 3. The van der Waals surface area contributed by atoms with Crippen LogP contribution in [0.1, 0.15) is 50.5 Å². The van der Waals surface area contributed by atoms with Crippen molar-refractivity contribution in [2.24, 2.45) is 17.8 Å². The first-order valence-corrected chi connectivity index (χ1v) is 10.6. The molecule has 5 rings (SSSR count). The Morgan fingerprint density at radius 1 is 0.966 bits per heavy atom. The summed E-state index contributed by atoms with van der Waals surface area (Å²) in [6, 6.07) is 6.56. The van der Waals surface area contributed by atoms with Crippen molar-refractivity contribution in [3.05, 3.63) is 29.8 Å². The van der Waals surface area contributed by atoms with E-state index in [0.717, 1.165) is 37.0 Å². The van der Waals surface area contributed by atoms with Crippen molar-refractivity contribution in [3.8, 4) is 0 Å². The number of carbonyl (C=O) groups is 3. The molecular formula is C22H29N3O4. The molecule has 0 atom stereocenters. The van der Waals surface area contributed by atoms with Gasteiger partial charge in [-0.25, -0.2) is 4.79 Å². The zero-order valence-electron chi connectivity index (χ0n) is 16.6. The van der Waals surface area contributed by atoms with Gasteiger partial charge in [0, 0.05) is 24.2 Å². The maximum absolute atomic E-state index is 12.4. The number of anilines is 1. The first-order valence-electron chi connectivity index (χ1n) is 10.6. The zero-order valence-corrected chi connectivity index (χ0v) is 16.6. The van der Waals surface area contributed by atoms with Gasteiger partial charge in [-0.2, -0.15) is 0 Å². The largest absolute Gasteiger partial charge is 0.481 e. The predicted molar refractivity (Wildman–Crippen MR) is 108 cm³/mol. The number of aliphatic carboxylic acids is 1. The normalized spacial score (nSPS) is 29.3. The number of rotatable bonds is 7. The van der Waals surface area contributed by atoms with Crippen LogP contribution >= 0.6 is 0 Å². The lowest BCUT2D eigenvalue weighted by molar-refractivity contribution is -0.136. The molecule has 29 heavy (non-hydrogen) atoms. The molecule has 4 fully saturated rings. The Morgan fingerprint density at radius 3 is 2.10 bits per heavy atom. The maximum Gasteiger partial charge on any atom is 0.315 e. The molecule has 0 heterocycles. The minimum atomic E-state index is -0.889. The van der Waals surface area contributed by atoms with Crippen LogP contribution in [0.25, 0.3) is 0 Å². The maximum atomic E-state index is 12.4. The van der Waals surface area contributed by atoms with Crippen LogP contribution in [0.4, 0.5) is 10.5 Å². The Bertz CT molecular complexity index is 754. The molecule has 7 nitrogen and oxygen atoms in total. The molecule has 4 saturated carbocycles. The molecule has 4 aliphatic carbocycles. The highest BCUT2D eigenvalue weighted by atomic mass is 16.4. The third-order valence-electron chi connectivity index (χ3n) is 6.65. The van der Waals surface area contributed by atoms with Crippen molar-refractivity contribution in [2.75, 3.05) is 11.9 Å². The van der Waals surface area contributed by atoms with Gasteiger partial charge in [-0.1, -0.05) is 12.1 Å². The van der Waals surface area contributed by atoms with Crippen LogP contribution in [0.15, 0.2) is 24.3 Å². The molecule has 4 aliphatic rings. The summed E-state index contributed by atoms with van der Waals surface area (Å²) in [4.78, 5) is 35.2. The van der Waals surface area contributed by atoms with Crippen LogP contribution in [0, 0.1) is 17.8 Å². The molecule has 0 radical (unpaired) electrons. The van der Waals surface area contributed by atoms with Crippen LogP contribution in [-0.4, -0.2) is 35.1 Å². The fourth-order valence-corrected chi connectivity index (χ4v) is 5.94. The lowest BCUT2D eigenvalue weighted by Crippen LogP contribution is -2.61. The number of benzene rings is 1. The minimum absolute atomic E-state index is 0.0290. The number of hydrogen-bond acceptors (Lipinski definition) is 3. The second-order valence-electron chi connectivity index (χ2n) is 9.14. The van der Waals surface area contributed by atoms with Gasteiger partial charge >= 0.3 is 12.0 Å². The second-order valence-corrected chi connectivity index (χ2v) is 9.14. The number of urea groups is 1. The third-order valence-corrected chi connectivity index (χ3v) is 6.65. The van der Waals surface area contributed by atoms with Gasteiger partial charge in [0.1, 0.15) is 0 Å². The molecule has 0 spiro atoms. The van der Waals surface area contributed by atoms with Crippen molar-refractivity contribution in [1.82, 2.24) is 10.6 Å². The molecule has 7 heteroatoms. The summed E-state index contributed by atoms with van der Waals surface area (Å²) < 4.78 is 0. The second kappa shape index (κ2) is 8.05. The van der Waals surface area contributed by atoms with Gasteiger partial charge in [-0.05, 0) is 74.0 Å². The number of carboxylic acids is 1. The van der Waals surface area contributed by atoms with E-state index in [1.807, 2.05) is 0 Å². The first kappa shape index (κ1) is 19.7. The van der Waals surface area contributed by atoms with Crippen LogP contribution in [0.3, 0.4) is 0 Å². The highest BCUT2D eigenvalue weighted by molar-refractivity contribution is 5.91. The summed E-state index contributed by atoms with van der Waals surface area (Å²) in [6.07, 6.45) is 7.45. The number of carbonyl (C=O) groups excluding carboxylic acids is 2. The molecule has 1 aromatic carbocycles. The first-order chi connectivity index (χ1) is 13.9. The summed E-state index contributed by atoms with van der Waals surface area (Å²) in [5.74, 6) is 1.24. The van der Waals surface area contributed by atoms with Gasteiger partial charge in [0.2, 0.25) is 5.91 Å². The van der Waals surface area contributed by atoms with E-state index in [4.69, 9.17) is 5.11 Å². The SMILES string of the molecule is O=C(O)Cc1ccc(NC(=O)CCNC(=O)NC23CC4CC(CC(C4)C2)C3)cc1. The van der Waals surface area contributed by atoms with E-state index in [2.05, 4.69) is 16.0 Å². The van der Waals surface area contributed by atoms with Crippen LogP contribution in [0.5, 0.6) is 0 Å². The van der Waals surface area contributed by atoms with Crippen LogP contribution in [0.2, 0.25) is 0 Å². The number of carboxylic acid groups (broad SMARTS) is 1. The molecule has 1 aromatic rings. The lowest BCUT2D eigenvalue weighted by Gasteiger charge is -2.56. The third kappa shape index (κ3) is 4.89. The van der Waals surface area contributed by atoms with E-state index in [-0.39, 0.29) is 36.9 Å². The average molecular weight is 399 g/mol. The average Bonchev–Trinajstić information content (AvgIpc) is 2.61. The molecule has 4 bridgehead atoms. The Hall–Kier alpha value is -2.57. The standard InChI is InChI=1S/C22H29N3O4/c26-19(24-18-3-1-14(2-4-18)10-20(27)28)5-6-23-21(29)25-22-11-15-7-16(12-22)9-17(8-15)13-22/h1-4,15-17H,5-13H2,(H,24,26)(H,27,28)(H2,23,25,29). The molecule has 0 unspecified atom stereocenters. The van der Waals surface area contributed by atoms with Gasteiger partial charge in [0.05, 0.1) is 6.42 Å². The highest BCUT2D eigenvalue weighted by Gasteiger charge is 2.51. The molecule has 3 amide bonds. The summed E-state index contributed by atoms with van der Waals surface area (Å²) in [5.41, 5.74) is 1.26. The van der Waals surface area contributed by atoms with Gasteiger partial charge in [-0.3, -0.25) is 9.59 Å². The van der Waals surface area contributed by atoms with Crippen molar-refractivity contribution in [3.63, 3.8) is 0 Å². The number of nitrogens with one attached hydrogen (secondary N) is 3. The zero-order chi connectivity index (χ0) is 20.4. The van der Waals surface area contributed by atoms with E-state index in [1.165, 1.54) is 19.3 Å². The molecule has 4 N–H and O–H groups in total. The smallest absolute Gasteiger partial charge is 0.315 e. The van der Waals surface area contributed by atoms with Crippen LogP contribution in [-0.2, 0) is 16.0 Å². The highest BCUT2D eigenvalue weighted by Crippen LogP contribution is 2.55. The van der Waals surface area contributed by atoms with Crippen molar-refractivity contribution < 1.29 is 19.5 Å². The van der Waals surface area contributed by atoms with Gasteiger partial charge in [-0.15, -0.1) is 0 Å². The molecule has 0 saturated heterocycles.